The van der Waals surface area contributed by atoms with Gasteiger partial charge < -0.3 is 44.7 Å². The van der Waals surface area contributed by atoms with E-state index >= 15 is 0 Å². The zero-order valence-corrected chi connectivity index (χ0v) is 22.3. The van der Waals surface area contributed by atoms with Gasteiger partial charge in [0.2, 0.25) is 12.2 Å². The maximum atomic E-state index is 12.1. The summed E-state index contributed by atoms with van der Waals surface area (Å²) in [5.74, 6) is -3.83. The minimum Gasteiger partial charge on any atom is -0.493 e. The molecule has 2 heterocycles. The predicted octanol–water partition coefficient (Wildman–Crippen LogP) is -1.53. The molecule has 1 fully saturated rings. The van der Waals surface area contributed by atoms with Crippen LogP contribution in [0.3, 0.4) is 0 Å². The van der Waals surface area contributed by atoms with E-state index < -0.39 is 66.9 Å². The van der Waals surface area contributed by atoms with E-state index in [1.54, 1.807) is 13.8 Å². The van der Waals surface area contributed by atoms with Crippen molar-refractivity contribution in [2.24, 2.45) is 5.92 Å². The molecule has 15 nitrogen and oxygen atoms in total. The second kappa shape index (κ2) is 14.0. The second-order valence-corrected chi connectivity index (χ2v) is 9.53. The van der Waals surface area contributed by atoms with Crippen LogP contribution in [0.2, 0.25) is 0 Å². The predicted molar refractivity (Wildman–Crippen MR) is 135 cm³/mol. The van der Waals surface area contributed by atoms with Crippen molar-refractivity contribution in [3.05, 3.63) is 35.9 Å². The SMILES string of the molecule is CC(C)C(=O)OCc1ccc(O[C@@H]2O[C@H](C(=O)O)[C@@H](O)[C@H](O)[C@H]2O)cc1OCCCNC(=O)CN1C(=O)C=CC1=O. The third-order valence-electron chi connectivity index (χ3n) is 6.05. The van der Waals surface area contributed by atoms with Crippen LogP contribution in [0.5, 0.6) is 11.5 Å². The molecule has 0 unspecified atom stereocenters. The maximum Gasteiger partial charge on any atom is 0.335 e. The average molecular weight is 581 g/mol. The summed E-state index contributed by atoms with van der Waals surface area (Å²) in [6.45, 7) is 2.98. The van der Waals surface area contributed by atoms with Gasteiger partial charge in [0.25, 0.3) is 11.8 Å². The number of carbonyl (C=O) groups excluding carboxylic acids is 4. The molecule has 2 aliphatic rings. The van der Waals surface area contributed by atoms with E-state index in [2.05, 4.69) is 5.32 Å². The van der Waals surface area contributed by atoms with Crippen LogP contribution in [0.1, 0.15) is 25.8 Å². The van der Waals surface area contributed by atoms with Crippen molar-refractivity contribution in [1.82, 2.24) is 10.2 Å². The number of benzene rings is 1. The van der Waals surface area contributed by atoms with Crippen molar-refractivity contribution < 1.29 is 63.3 Å². The van der Waals surface area contributed by atoms with Crippen LogP contribution in [0, 0.1) is 5.92 Å². The van der Waals surface area contributed by atoms with Crippen LogP contribution in [0.25, 0.3) is 0 Å². The van der Waals surface area contributed by atoms with Gasteiger partial charge in [0, 0.05) is 30.3 Å². The van der Waals surface area contributed by atoms with Gasteiger partial charge in [-0.1, -0.05) is 13.8 Å². The monoisotopic (exact) mass is 580 g/mol. The number of amides is 3. The van der Waals surface area contributed by atoms with Crippen LogP contribution >= 0.6 is 0 Å². The molecule has 1 aromatic carbocycles. The Hall–Kier alpha value is -4.05. The molecule has 0 aromatic heterocycles. The molecule has 0 radical (unpaired) electrons. The summed E-state index contributed by atoms with van der Waals surface area (Å²) in [5, 5.41) is 41.9. The van der Waals surface area contributed by atoms with E-state index in [1.807, 2.05) is 0 Å². The minimum atomic E-state index is -1.88. The van der Waals surface area contributed by atoms with Gasteiger partial charge in [0.05, 0.1) is 12.5 Å². The van der Waals surface area contributed by atoms with E-state index in [0.717, 1.165) is 17.1 Å². The standard InChI is InChI=1S/C26H32N2O13/c1-13(2)25(37)39-12-14-4-5-15(40-26-22(34)20(32)21(33)23(41-26)24(35)36)10-16(14)38-9-3-8-27-17(29)11-28-18(30)6-7-19(28)31/h4-7,10,13,20-23,26,32-34H,3,8-9,11-12H2,1-2H3,(H,27,29)(H,35,36)/t20-,21-,22+,23-,26+/m0/s1. The zero-order chi connectivity index (χ0) is 30.3. The lowest BCUT2D eigenvalue weighted by Crippen LogP contribution is -2.61. The first-order valence-electron chi connectivity index (χ1n) is 12.7. The fourth-order valence-electron chi connectivity index (χ4n) is 3.73. The first-order chi connectivity index (χ1) is 19.4. The molecule has 224 valence electrons. The zero-order valence-electron chi connectivity index (χ0n) is 22.3. The van der Waals surface area contributed by atoms with Gasteiger partial charge in [-0.25, -0.2) is 4.79 Å². The fourth-order valence-corrected chi connectivity index (χ4v) is 3.73. The number of ether oxygens (including phenoxy) is 4. The van der Waals surface area contributed by atoms with Crippen LogP contribution in [0.15, 0.2) is 30.4 Å². The lowest BCUT2D eigenvalue weighted by molar-refractivity contribution is -0.271. The number of esters is 1. The highest BCUT2D eigenvalue weighted by Gasteiger charge is 2.48. The summed E-state index contributed by atoms with van der Waals surface area (Å²) in [6.07, 6.45) is -6.55. The molecule has 0 saturated carbocycles. The first kappa shape index (κ1) is 31.5. The molecule has 0 aliphatic carbocycles. The Labute approximate surface area is 234 Å². The topological polar surface area (TPSA) is 218 Å². The van der Waals surface area contributed by atoms with Gasteiger partial charge in [-0.3, -0.25) is 24.1 Å². The number of hydrogen-bond acceptors (Lipinski definition) is 12. The highest BCUT2D eigenvalue weighted by Crippen LogP contribution is 2.30. The van der Waals surface area contributed by atoms with Crippen molar-refractivity contribution in [1.29, 1.82) is 0 Å². The summed E-state index contributed by atoms with van der Waals surface area (Å²) < 4.78 is 21.8. The Balaban J connectivity index is 1.62. The minimum absolute atomic E-state index is 0.0394. The molecule has 5 N–H and O–H groups in total. The van der Waals surface area contributed by atoms with Crippen molar-refractivity contribution in [3.63, 3.8) is 0 Å². The average Bonchev–Trinajstić information content (AvgIpc) is 3.24. The number of nitrogens with one attached hydrogen (secondary N) is 1. The van der Waals surface area contributed by atoms with Crippen LogP contribution in [-0.4, -0.2) is 105 Å². The van der Waals surface area contributed by atoms with Crippen molar-refractivity contribution in [3.8, 4) is 11.5 Å². The number of carbonyl (C=O) groups is 5. The number of aliphatic hydroxyl groups is 3. The number of carboxylic acid groups (broad SMARTS) is 1. The largest absolute Gasteiger partial charge is 0.493 e. The number of carboxylic acids is 1. The fraction of sp³-hybridized carbons (Fsp3) is 0.500. The van der Waals surface area contributed by atoms with E-state index in [9.17, 15) is 44.4 Å². The smallest absolute Gasteiger partial charge is 0.335 e. The highest BCUT2D eigenvalue weighted by atomic mass is 16.7. The lowest BCUT2D eigenvalue weighted by Gasteiger charge is -2.38. The molecule has 0 spiro atoms. The highest BCUT2D eigenvalue weighted by molar-refractivity contribution is 6.14. The molecular formula is C26H32N2O13. The summed E-state index contributed by atoms with van der Waals surface area (Å²) in [6, 6.07) is 4.30. The van der Waals surface area contributed by atoms with Gasteiger partial charge >= 0.3 is 11.9 Å². The molecule has 3 rings (SSSR count). The Morgan fingerprint density at radius 1 is 1.05 bits per heavy atom. The van der Waals surface area contributed by atoms with Gasteiger partial charge in [0.15, 0.2) is 6.10 Å². The summed E-state index contributed by atoms with van der Waals surface area (Å²) in [5.41, 5.74) is 0.443. The second-order valence-electron chi connectivity index (χ2n) is 9.53. The Morgan fingerprint density at radius 3 is 2.37 bits per heavy atom. The maximum absolute atomic E-state index is 12.1. The number of hydrogen-bond donors (Lipinski definition) is 5. The third kappa shape index (κ3) is 8.23. The molecule has 41 heavy (non-hydrogen) atoms. The van der Waals surface area contributed by atoms with Gasteiger partial charge in [0.1, 0.15) is 43.0 Å². The number of rotatable bonds is 13. The first-order valence-corrected chi connectivity index (χ1v) is 12.7. The van der Waals surface area contributed by atoms with Gasteiger partial charge in [-0.05, 0) is 18.6 Å². The molecular weight excluding hydrogens is 548 g/mol. The van der Waals surface area contributed by atoms with E-state index in [0.29, 0.717) is 12.0 Å². The molecule has 2 aliphatic heterocycles. The summed E-state index contributed by atoms with van der Waals surface area (Å²) in [4.78, 5) is 59.3. The Morgan fingerprint density at radius 2 is 1.73 bits per heavy atom. The lowest BCUT2D eigenvalue weighted by atomic mass is 9.99. The van der Waals surface area contributed by atoms with Gasteiger partial charge in [-0.15, -0.1) is 0 Å². The Kier molecular flexibility index (Phi) is 10.8. The Bertz CT molecular complexity index is 1170. The van der Waals surface area contributed by atoms with Crippen molar-refractivity contribution in [2.75, 3.05) is 19.7 Å². The van der Waals surface area contributed by atoms with Crippen LogP contribution in [0.4, 0.5) is 0 Å². The van der Waals surface area contributed by atoms with E-state index in [1.165, 1.54) is 18.2 Å². The van der Waals surface area contributed by atoms with Gasteiger partial charge in [-0.2, -0.15) is 0 Å². The number of nitrogens with zero attached hydrogens (tertiary/aromatic N) is 1. The molecule has 1 aromatic rings. The molecule has 0 bridgehead atoms. The summed E-state index contributed by atoms with van der Waals surface area (Å²) in [7, 11) is 0. The van der Waals surface area contributed by atoms with E-state index in [4.69, 9.17) is 18.9 Å². The summed E-state index contributed by atoms with van der Waals surface area (Å²) >= 11 is 0. The molecule has 15 heteroatoms. The number of aliphatic hydroxyl groups excluding tert-OH is 3. The van der Waals surface area contributed by atoms with Crippen molar-refractivity contribution >= 4 is 29.7 Å². The van der Waals surface area contributed by atoms with E-state index in [-0.39, 0.29) is 37.2 Å². The number of imide groups is 1. The number of aliphatic carboxylic acids is 1. The normalized spacial score (nSPS) is 24.0. The molecule has 5 atom stereocenters. The molecule has 3 amide bonds. The van der Waals surface area contributed by atoms with Crippen LogP contribution < -0.4 is 14.8 Å². The van der Waals surface area contributed by atoms with Crippen molar-refractivity contribution in [2.45, 2.75) is 57.6 Å². The molecule has 1 saturated heterocycles. The van der Waals surface area contributed by atoms with Crippen LogP contribution in [-0.2, 0) is 40.1 Å². The third-order valence-corrected chi connectivity index (χ3v) is 6.05. The quantitative estimate of drug-likeness (QED) is 0.102.